The molecule has 0 aromatic carbocycles. The van der Waals surface area contributed by atoms with E-state index in [2.05, 4.69) is 20.9 Å². The minimum atomic E-state index is -4.10. The maximum Gasteiger partial charge on any atom is 0.278 e. The van der Waals surface area contributed by atoms with Crippen LogP contribution in [0.25, 0.3) is 0 Å². The maximum atomic E-state index is 12.6. The average Bonchev–Trinajstić information content (AvgIpc) is 2.00. The highest BCUT2D eigenvalue weighted by molar-refractivity contribution is 9.10. The first-order valence-corrected chi connectivity index (χ1v) is 6.73. The monoisotopic (exact) mass is 319 g/mol. The van der Waals surface area contributed by atoms with E-state index < -0.39 is 26.1 Å². The summed E-state index contributed by atoms with van der Waals surface area (Å²) in [5.74, 6) is 0. The van der Waals surface area contributed by atoms with Gasteiger partial charge in [0.1, 0.15) is 0 Å². The van der Waals surface area contributed by atoms with E-state index in [0.29, 0.717) is 0 Å². The second-order valence-corrected chi connectivity index (χ2v) is 6.02. The highest BCUT2D eigenvalue weighted by Gasteiger charge is 2.23. The Balaban J connectivity index is 3.56. The van der Waals surface area contributed by atoms with Crippen LogP contribution in [-0.4, -0.2) is 13.4 Å². The van der Waals surface area contributed by atoms with Crippen LogP contribution >= 0.6 is 26.6 Å². The van der Waals surface area contributed by atoms with Crippen molar-refractivity contribution in [1.29, 1.82) is 0 Å². The third-order valence-electron chi connectivity index (χ3n) is 1.73. The van der Waals surface area contributed by atoms with E-state index in [0.717, 1.165) is 6.20 Å². The lowest BCUT2D eigenvalue weighted by molar-refractivity contribution is 0.149. The Morgan fingerprint density at radius 2 is 2.07 bits per heavy atom. The number of aromatic nitrogens is 1. The van der Waals surface area contributed by atoms with Gasteiger partial charge in [0, 0.05) is 26.9 Å². The van der Waals surface area contributed by atoms with Gasteiger partial charge in [-0.1, -0.05) is 0 Å². The molecule has 0 unspecified atom stereocenters. The first-order chi connectivity index (χ1) is 6.75. The van der Waals surface area contributed by atoms with Crippen molar-refractivity contribution in [3.8, 4) is 0 Å². The first-order valence-electron chi connectivity index (χ1n) is 3.63. The van der Waals surface area contributed by atoms with Crippen molar-refractivity contribution in [3.63, 3.8) is 0 Å². The summed E-state index contributed by atoms with van der Waals surface area (Å²) in [6.45, 7) is 1.23. The van der Waals surface area contributed by atoms with E-state index in [1.54, 1.807) is 0 Å². The molecule has 0 aliphatic heterocycles. The average molecular weight is 321 g/mol. The van der Waals surface area contributed by atoms with Gasteiger partial charge >= 0.3 is 0 Å². The normalized spacial score (nSPS) is 12.1. The molecule has 0 N–H and O–H groups in total. The van der Waals surface area contributed by atoms with E-state index in [-0.39, 0.29) is 10.0 Å². The standard InChI is InChI=1S/C7H5BrClF2NO2S/c1-3-5(6(10)11)4(8)2-12-7(3)15(9,13)14/h2,6H,1H3. The predicted octanol–water partition coefficient (Wildman–Crippen LogP) is 3.02. The quantitative estimate of drug-likeness (QED) is 0.787. The zero-order valence-electron chi connectivity index (χ0n) is 7.34. The zero-order chi connectivity index (χ0) is 11.8. The van der Waals surface area contributed by atoms with E-state index in [1.165, 1.54) is 6.92 Å². The number of alkyl halides is 2. The fourth-order valence-electron chi connectivity index (χ4n) is 1.09. The van der Waals surface area contributed by atoms with Crippen LogP contribution in [0, 0.1) is 6.92 Å². The maximum absolute atomic E-state index is 12.6. The highest BCUT2D eigenvalue weighted by Crippen LogP contribution is 2.33. The molecule has 0 bridgehead atoms. The van der Waals surface area contributed by atoms with Gasteiger partial charge in [-0.3, -0.25) is 0 Å². The molecule has 0 saturated heterocycles. The molecule has 1 rings (SSSR count). The topological polar surface area (TPSA) is 47.0 Å². The molecule has 1 heterocycles. The van der Waals surface area contributed by atoms with Crippen molar-refractivity contribution >= 4 is 35.7 Å². The van der Waals surface area contributed by atoms with Crippen LogP contribution in [0.15, 0.2) is 15.7 Å². The Hall–Kier alpha value is -0.270. The Morgan fingerprint density at radius 3 is 2.47 bits per heavy atom. The fraction of sp³-hybridized carbons (Fsp3) is 0.286. The van der Waals surface area contributed by atoms with E-state index in [9.17, 15) is 17.2 Å². The van der Waals surface area contributed by atoms with Crippen molar-refractivity contribution in [1.82, 2.24) is 4.98 Å². The van der Waals surface area contributed by atoms with Gasteiger partial charge in [-0.25, -0.2) is 22.2 Å². The first kappa shape index (κ1) is 12.8. The zero-order valence-corrected chi connectivity index (χ0v) is 10.5. The number of halogens is 4. The van der Waals surface area contributed by atoms with Gasteiger partial charge in [0.25, 0.3) is 15.5 Å². The molecule has 0 fully saturated rings. The lowest BCUT2D eigenvalue weighted by Gasteiger charge is -2.09. The van der Waals surface area contributed by atoms with Crippen LogP contribution in [0.5, 0.6) is 0 Å². The third kappa shape index (κ3) is 2.64. The number of rotatable bonds is 2. The summed E-state index contributed by atoms with van der Waals surface area (Å²) in [6.07, 6.45) is -1.80. The van der Waals surface area contributed by atoms with Gasteiger partial charge in [0.2, 0.25) is 0 Å². The molecule has 84 valence electrons. The van der Waals surface area contributed by atoms with Crippen LogP contribution in [0.4, 0.5) is 8.78 Å². The van der Waals surface area contributed by atoms with Crippen LogP contribution in [0.1, 0.15) is 17.6 Å². The van der Waals surface area contributed by atoms with Gasteiger partial charge in [-0.15, -0.1) is 0 Å². The predicted molar refractivity (Wildman–Crippen MR) is 54.7 cm³/mol. The number of nitrogens with zero attached hydrogens (tertiary/aromatic N) is 1. The molecule has 0 amide bonds. The van der Waals surface area contributed by atoms with E-state index in [4.69, 9.17) is 10.7 Å². The Bertz CT molecular complexity index is 492. The molecule has 0 atom stereocenters. The fourth-order valence-corrected chi connectivity index (χ4v) is 2.78. The third-order valence-corrected chi connectivity index (χ3v) is 3.67. The molecule has 3 nitrogen and oxygen atoms in total. The van der Waals surface area contributed by atoms with Gasteiger partial charge in [0.05, 0.1) is 0 Å². The Morgan fingerprint density at radius 1 is 1.53 bits per heavy atom. The van der Waals surface area contributed by atoms with E-state index in [1.807, 2.05) is 0 Å². The summed E-state index contributed by atoms with van der Waals surface area (Å²) < 4.78 is 47.1. The SMILES string of the molecule is Cc1c(S(=O)(=O)Cl)ncc(Br)c1C(F)F. The van der Waals surface area contributed by atoms with Gasteiger partial charge < -0.3 is 0 Å². The molecule has 1 aromatic rings. The summed E-state index contributed by atoms with van der Waals surface area (Å²) in [5, 5.41) is -0.539. The number of hydrogen-bond acceptors (Lipinski definition) is 3. The van der Waals surface area contributed by atoms with Crippen LogP contribution < -0.4 is 0 Å². The minimum absolute atomic E-state index is 0.0547. The molecule has 0 radical (unpaired) electrons. The van der Waals surface area contributed by atoms with Crippen LogP contribution in [0.2, 0.25) is 0 Å². The molecular weight excluding hydrogens is 316 g/mol. The smallest absolute Gasteiger partial charge is 0.242 e. The summed E-state index contributed by atoms with van der Waals surface area (Å²) in [6, 6.07) is 0. The second-order valence-electron chi connectivity index (χ2n) is 2.69. The van der Waals surface area contributed by atoms with Crippen LogP contribution in [-0.2, 0) is 9.05 Å². The van der Waals surface area contributed by atoms with Crippen molar-refractivity contribution in [2.24, 2.45) is 0 Å². The molecule has 0 aliphatic carbocycles. The van der Waals surface area contributed by atoms with Gasteiger partial charge in [-0.2, -0.15) is 0 Å². The van der Waals surface area contributed by atoms with Crippen LogP contribution in [0.3, 0.4) is 0 Å². The lowest BCUT2D eigenvalue weighted by atomic mass is 10.2. The van der Waals surface area contributed by atoms with Gasteiger partial charge in [0.15, 0.2) is 5.03 Å². The summed E-state index contributed by atoms with van der Waals surface area (Å²) in [5.41, 5.74) is -0.557. The summed E-state index contributed by atoms with van der Waals surface area (Å²) >= 11 is 2.87. The molecule has 1 aromatic heterocycles. The van der Waals surface area contributed by atoms with Crippen molar-refractivity contribution in [2.45, 2.75) is 18.4 Å². The number of pyridine rings is 1. The second kappa shape index (κ2) is 4.31. The van der Waals surface area contributed by atoms with Crippen molar-refractivity contribution in [2.75, 3.05) is 0 Å². The lowest BCUT2D eigenvalue weighted by Crippen LogP contribution is -2.03. The molecule has 0 saturated carbocycles. The summed E-state index contributed by atoms with van der Waals surface area (Å²) in [4.78, 5) is 3.49. The van der Waals surface area contributed by atoms with Crippen molar-refractivity contribution in [3.05, 3.63) is 21.8 Å². The largest absolute Gasteiger partial charge is 0.278 e. The number of hydrogen-bond donors (Lipinski definition) is 0. The molecule has 0 aliphatic rings. The van der Waals surface area contributed by atoms with E-state index >= 15 is 0 Å². The van der Waals surface area contributed by atoms with Gasteiger partial charge in [-0.05, 0) is 28.4 Å². The minimum Gasteiger partial charge on any atom is -0.242 e. The molecule has 0 spiro atoms. The molecule has 15 heavy (non-hydrogen) atoms. The van der Waals surface area contributed by atoms with Crippen molar-refractivity contribution < 1.29 is 17.2 Å². The Labute approximate surface area is 98.0 Å². The molecular formula is C7H5BrClF2NO2S. The molecule has 8 heteroatoms. The summed E-state index contributed by atoms with van der Waals surface area (Å²) in [7, 11) is 0.943. The highest BCUT2D eigenvalue weighted by atomic mass is 79.9. The Kier molecular flexibility index (Phi) is 3.67.